The quantitative estimate of drug-likeness (QED) is 0.161. The van der Waals surface area contributed by atoms with Crippen molar-refractivity contribution in [2.75, 3.05) is 14.2 Å². The Hall–Kier alpha value is -7.14. The number of aromatic nitrogens is 4. The number of ether oxygens (including phenoxy) is 2. The Kier molecular flexibility index (Phi) is 10.1. The Labute approximate surface area is 373 Å². The number of methoxy groups -OCH3 is 2. The Balaban J connectivity index is 1.49. The van der Waals surface area contributed by atoms with Gasteiger partial charge in [-0.05, 0) is 90.5 Å². The lowest BCUT2D eigenvalue weighted by Crippen LogP contribution is -2.12. The number of nitrogens with zero attached hydrogens (tertiary/aromatic N) is 2. The molecule has 3 aromatic heterocycles. The highest BCUT2D eigenvalue weighted by atomic mass is 79.9. The summed E-state index contributed by atoms with van der Waals surface area (Å²) in [5.74, 6) is -1.35. The minimum absolute atomic E-state index is 0.0658. The maximum Gasteiger partial charge on any atom is 0.338 e. The molecule has 2 N–H and O–H groups in total. The van der Waals surface area contributed by atoms with E-state index in [1.165, 1.54) is 14.2 Å². The number of hydrogen-bond acceptors (Lipinski definition) is 6. The SMILES string of the molecule is COC(=O)c1cc2c(cc1C(=O)OC)-c1nc-2c(-c2ccccc2)c2ccc([nH]2)c(-c2ccccc2)c2nc(c(-c3ccccc3)c3ccc([nH]3)c1-c1ccccc1)C(Br)=C2Br. The van der Waals surface area contributed by atoms with E-state index in [0.29, 0.717) is 22.5 Å². The van der Waals surface area contributed by atoms with Gasteiger partial charge in [0.2, 0.25) is 0 Å². The molecule has 0 atom stereocenters. The van der Waals surface area contributed by atoms with E-state index in [1.807, 2.05) is 97.1 Å². The maximum atomic E-state index is 13.5. The third-order valence-corrected chi connectivity index (χ3v) is 13.3. The lowest BCUT2D eigenvalue weighted by Gasteiger charge is -2.12. The zero-order valence-electron chi connectivity index (χ0n) is 33.3. The van der Waals surface area contributed by atoms with Crippen LogP contribution >= 0.6 is 31.9 Å². The van der Waals surface area contributed by atoms with Crippen LogP contribution in [-0.4, -0.2) is 46.1 Å². The average Bonchev–Trinajstić information content (AvgIpc) is 4.13. The summed E-state index contributed by atoms with van der Waals surface area (Å²) in [6.07, 6.45) is 0. The van der Waals surface area contributed by atoms with Crippen molar-refractivity contribution < 1.29 is 19.1 Å². The smallest absolute Gasteiger partial charge is 0.338 e. The third-order valence-electron chi connectivity index (χ3n) is 11.2. The number of rotatable bonds is 6. The van der Waals surface area contributed by atoms with E-state index in [4.69, 9.17) is 19.4 Å². The van der Waals surface area contributed by atoms with Gasteiger partial charge in [0.15, 0.2) is 0 Å². The minimum Gasteiger partial charge on any atom is -0.465 e. The highest BCUT2D eigenvalue weighted by molar-refractivity contribution is 9.18. The van der Waals surface area contributed by atoms with Crippen molar-refractivity contribution in [1.82, 2.24) is 19.9 Å². The second kappa shape index (κ2) is 16.0. The summed E-state index contributed by atoms with van der Waals surface area (Å²) in [6.45, 7) is 0. The van der Waals surface area contributed by atoms with Gasteiger partial charge in [-0.15, -0.1) is 0 Å². The zero-order valence-corrected chi connectivity index (χ0v) is 36.5. The first-order valence-corrected chi connectivity index (χ1v) is 21.4. The van der Waals surface area contributed by atoms with Crippen molar-refractivity contribution >= 4 is 74.8 Å². The first-order valence-electron chi connectivity index (χ1n) is 19.8. The summed E-state index contributed by atoms with van der Waals surface area (Å²) < 4.78 is 12.1. The van der Waals surface area contributed by atoms with Crippen LogP contribution in [0.15, 0.2) is 158 Å². The molecule has 300 valence electrons. The molecule has 2 aliphatic heterocycles. The Bertz CT molecular complexity index is 3090. The van der Waals surface area contributed by atoms with Gasteiger partial charge in [0.1, 0.15) is 0 Å². The van der Waals surface area contributed by atoms with Gasteiger partial charge >= 0.3 is 11.9 Å². The van der Waals surface area contributed by atoms with Crippen LogP contribution in [0.2, 0.25) is 0 Å². The largest absolute Gasteiger partial charge is 0.465 e. The number of carbonyl (C=O) groups is 2. The predicted molar refractivity (Wildman–Crippen MR) is 255 cm³/mol. The van der Waals surface area contributed by atoms with Crippen molar-refractivity contribution in [2.45, 2.75) is 0 Å². The first-order chi connectivity index (χ1) is 30.3. The molecule has 0 aliphatic carbocycles. The van der Waals surface area contributed by atoms with E-state index in [1.54, 1.807) is 12.1 Å². The van der Waals surface area contributed by atoms with Gasteiger partial charge < -0.3 is 19.4 Å². The van der Waals surface area contributed by atoms with Crippen LogP contribution < -0.4 is 0 Å². The van der Waals surface area contributed by atoms with Gasteiger partial charge in [0, 0.05) is 55.4 Å². The third kappa shape index (κ3) is 6.59. The number of benzene rings is 5. The van der Waals surface area contributed by atoms with Gasteiger partial charge in [-0.3, -0.25) is 0 Å². The summed E-state index contributed by atoms with van der Waals surface area (Å²) in [7, 11) is 2.59. The number of esters is 2. The fourth-order valence-electron chi connectivity index (χ4n) is 8.38. The number of fused-ring (bicyclic) bond motifs is 11. The number of halogens is 2. The molecule has 0 saturated carbocycles. The number of hydrogen-bond donors (Lipinski definition) is 2. The van der Waals surface area contributed by atoms with E-state index >= 15 is 0 Å². The topological polar surface area (TPSA) is 110 Å². The van der Waals surface area contributed by atoms with Crippen LogP contribution in [0.1, 0.15) is 32.1 Å². The normalized spacial score (nSPS) is 11.9. The second-order valence-electron chi connectivity index (χ2n) is 14.7. The van der Waals surface area contributed by atoms with E-state index < -0.39 is 11.9 Å². The molecule has 2 aliphatic rings. The Morgan fingerprint density at radius 2 is 0.694 bits per heavy atom. The van der Waals surface area contributed by atoms with Gasteiger partial charge in [0.05, 0.1) is 57.1 Å². The monoisotopic (exact) mass is 936 g/mol. The Morgan fingerprint density at radius 1 is 0.419 bits per heavy atom. The lowest BCUT2D eigenvalue weighted by molar-refractivity contribution is 0.0555. The molecular formula is C52H34Br2N4O4. The maximum absolute atomic E-state index is 13.5. The van der Waals surface area contributed by atoms with E-state index in [9.17, 15) is 9.59 Å². The molecule has 0 spiro atoms. The number of H-pyrrole nitrogens is 2. The highest BCUT2D eigenvalue weighted by Gasteiger charge is 2.31. The van der Waals surface area contributed by atoms with Crippen LogP contribution in [0.25, 0.3) is 98.1 Å². The first kappa shape index (κ1) is 39.0. The van der Waals surface area contributed by atoms with Gasteiger partial charge in [-0.1, -0.05) is 121 Å². The molecule has 62 heavy (non-hydrogen) atoms. The molecule has 8 nitrogen and oxygen atoms in total. The molecule has 10 rings (SSSR count). The predicted octanol–water partition coefficient (Wildman–Crippen LogP) is 13.5. The zero-order chi connectivity index (χ0) is 42.5. The van der Waals surface area contributed by atoms with Crippen LogP contribution in [0.5, 0.6) is 0 Å². The van der Waals surface area contributed by atoms with Gasteiger partial charge in [-0.25, -0.2) is 19.6 Å². The Morgan fingerprint density at radius 3 is 0.984 bits per heavy atom. The van der Waals surface area contributed by atoms with Gasteiger partial charge in [-0.2, -0.15) is 0 Å². The lowest BCUT2D eigenvalue weighted by atomic mass is 9.91. The highest BCUT2D eigenvalue weighted by Crippen LogP contribution is 2.50. The summed E-state index contributed by atoms with van der Waals surface area (Å²) >= 11 is 7.97. The fourth-order valence-corrected chi connectivity index (χ4v) is 9.33. The molecule has 8 bridgehead atoms. The van der Waals surface area contributed by atoms with E-state index in [2.05, 4.69) is 90.4 Å². The average molecular weight is 939 g/mol. The molecule has 0 amide bonds. The van der Waals surface area contributed by atoms with Crippen molar-refractivity contribution in [1.29, 1.82) is 0 Å². The molecule has 10 heteroatoms. The van der Waals surface area contributed by atoms with Crippen molar-refractivity contribution in [3.05, 3.63) is 180 Å². The molecule has 0 radical (unpaired) electrons. The fraction of sp³-hybridized carbons (Fsp3) is 0.0385. The molecule has 0 saturated heterocycles. The summed E-state index contributed by atoms with van der Waals surface area (Å²) in [5, 5.41) is 0. The van der Waals surface area contributed by atoms with Crippen LogP contribution in [0, 0.1) is 0 Å². The molecule has 8 aromatic rings. The van der Waals surface area contributed by atoms with Crippen molar-refractivity contribution in [2.24, 2.45) is 0 Å². The molecule has 0 unspecified atom stereocenters. The minimum atomic E-state index is -0.673. The van der Waals surface area contributed by atoms with Crippen LogP contribution in [-0.2, 0) is 9.47 Å². The van der Waals surface area contributed by atoms with Gasteiger partial charge in [0.25, 0.3) is 0 Å². The standard InChI is InChI=1S/C52H34Br2N4O4/c1-61-51(59)35-27-33-34(28-36(35)52(60)62-2)48-42(30-17-9-4-10-18-30)38-24-26-40(56-38)44(32-21-13-6-14-22-32)50-46(54)45(53)49(58-50)43(31-19-11-5-12-20-31)39-25-23-37(55-39)41(47(33)57-48)29-15-7-3-8-16-29/h3-28,55-56H,1-2H3. The number of aromatic amines is 2. The van der Waals surface area contributed by atoms with E-state index in [-0.39, 0.29) is 11.1 Å². The molecular weight excluding hydrogens is 904 g/mol. The van der Waals surface area contributed by atoms with Crippen LogP contribution in [0.3, 0.4) is 0 Å². The molecule has 5 heterocycles. The number of nitrogens with one attached hydrogen (secondary N) is 2. The molecule has 0 fully saturated rings. The number of carbonyl (C=O) groups excluding carboxylic acids is 2. The van der Waals surface area contributed by atoms with Crippen LogP contribution in [0.4, 0.5) is 0 Å². The summed E-state index contributed by atoms with van der Waals surface area (Å²) in [6, 6.07) is 52.1. The second-order valence-corrected chi connectivity index (χ2v) is 16.3. The molecule has 5 aromatic carbocycles. The summed E-state index contributed by atoms with van der Waals surface area (Å²) in [5.41, 5.74) is 14.3. The van der Waals surface area contributed by atoms with Crippen molar-refractivity contribution in [3.63, 3.8) is 0 Å². The summed E-state index contributed by atoms with van der Waals surface area (Å²) in [4.78, 5) is 45.8. The van der Waals surface area contributed by atoms with E-state index in [0.717, 1.165) is 86.9 Å². The van der Waals surface area contributed by atoms with Crippen molar-refractivity contribution in [3.8, 4) is 67.0 Å².